The molecular weight excluding hydrogens is 502 g/mol. The van der Waals surface area contributed by atoms with E-state index in [0.717, 1.165) is 6.07 Å². The van der Waals surface area contributed by atoms with E-state index in [4.69, 9.17) is 10.5 Å². The number of carbonyl (C=O) groups excluding carboxylic acids is 2. The molecule has 1 unspecified atom stereocenters. The van der Waals surface area contributed by atoms with Crippen LogP contribution in [0.1, 0.15) is 47.0 Å². The smallest absolute Gasteiger partial charge is 0.446 e. The number of carboxylic acids is 1. The fourth-order valence-electron chi connectivity index (χ4n) is 3.58. The number of alkyl halides is 3. The van der Waals surface area contributed by atoms with Gasteiger partial charge in [-0.15, -0.1) is 0 Å². The Morgan fingerprint density at radius 2 is 1.75 bits per heavy atom. The molecule has 2 heterocycles. The molecule has 2 atom stereocenters. The number of nitrogens with two attached hydrogens (primary N) is 1. The third-order valence-corrected chi connectivity index (χ3v) is 5.10. The van der Waals surface area contributed by atoms with E-state index in [2.05, 4.69) is 4.98 Å². The zero-order valence-electron chi connectivity index (χ0n) is 18.7. The van der Waals surface area contributed by atoms with Gasteiger partial charge in [-0.05, 0) is 25.0 Å². The van der Waals surface area contributed by atoms with Crippen molar-refractivity contribution >= 4 is 18.2 Å². The van der Waals surface area contributed by atoms with Crippen LogP contribution < -0.4 is 5.73 Å². The fraction of sp³-hybridized carbons (Fsp3) is 0.429. The lowest BCUT2D eigenvalue weighted by molar-refractivity contribution is -0.156. The van der Waals surface area contributed by atoms with Crippen molar-refractivity contribution < 1.29 is 50.9 Å². The number of amides is 1. The van der Waals surface area contributed by atoms with Gasteiger partial charge in [-0.25, -0.2) is 22.9 Å². The molecule has 15 heteroatoms. The van der Waals surface area contributed by atoms with Gasteiger partial charge in [-0.1, -0.05) is 0 Å². The average molecular weight is 524 g/mol. The quantitative estimate of drug-likeness (QED) is 0.299. The molecule has 0 saturated carbocycles. The van der Waals surface area contributed by atoms with Crippen molar-refractivity contribution in [1.82, 2.24) is 14.5 Å². The summed E-state index contributed by atoms with van der Waals surface area (Å²) in [6.07, 6.45) is -7.08. The summed E-state index contributed by atoms with van der Waals surface area (Å²) >= 11 is 0. The highest BCUT2D eigenvalue weighted by atomic mass is 19.4. The molecule has 198 valence electrons. The Balaban J connectivity index is 0.000000678. The molecule has 4 N–H and O–H groups in total. The third kappa shape index (κ3) is 7.27. The topological polar surface area (TPSA) is 139 Å². The third-order valence-electron chi connectivity index (χ3n) is 5.10. The second-order valence-corrected chi connectivity index (χ2v) is 7.90. The number of rotatable bonds is 6. The molecule has 1 aliphatic heterocycles. The van der Waals surface area contributed by atoms with Crippen molar-refractivity contribution in [2.75, 3.05) is 6.54 Å². The average Bonchev–Trinajstić information content (AvgIpc) is 3.17. The summed E-state index contributed by atoms with van der Waals surface area (Å²) in [6, 6.07) is 0.322. The van der Waals surface area contributed by atoms with E-state index in [1.54, 1.807) is 4.57 Å². The van der Waals surface area contributed by atoms with Crippen molar-refractivity contribution in [1.29, 1.82) is 0 Å². The van der Waals surface area contributed by atoms with E-state index in [9.17, 15) is 46.1 Å². The van der Waals surface area contributed by atoms with Crippen LogP contribution in [-0.4, -0.2) is 61.6 Å². The van der Waals surface area contributed by atoms with Gasteiger partial charge in [0.2, 0.25) is 12.2 Å². The standard InChI is InChI=1S/C19H21F3N4O4.C2HF3O/c1-9(27)18-17(19(29)30)24-15-8-25(2-3-26(15)18)16(28)6-11(23)4-10-5-13(21)14(22)7-12(10)20;3-2(4,5)1-6/h5,7,9,11,27H,2-4,6,8,23H2,1H3,(H,29,30);1H/t9?,11-;/m1./s1. The Hall–Kier alpha value is -3.46. The minimum Gasteiger partial charge on any atom is -0.476 e. The first-order valence-corrected chi connectivity index (χ1v) is 10.3. The van der Waals surface area contributed by atoms with Gasteiger partial charge in [0.1, 0.15) is 11.6 Å². The molecule has 0 bridgehead atoms. The molecule has 0 aliphatic carbocycles. The summed E-state index contributed by atoms with van der Waals surface area (Å²) in [5, 5.41) is 19.2. The van der Waals surface area contributed by atoms with Crippen molar-refractivity contribution in [3.63, 3.8) is 0 Å². The van der Waals surface area contributed by atoms with Gasteiger partial charge in [-0.3, -0.25) is 9.59 Å². The van der Waals surface area contributed by atoms with Crippen LogP contribution in [0.15, 0.2) is 12.1 Å². The Morgan fingerprint density at radius 3 is 2.28 bits per heavy atom. The largest absolute Gasteiger partial charge is 0.476 e. The number of fused-ring (bicyclic) bond motifs is 1. The van der Waals surface area contributed by atoms with Crippen LogP contribution >= 0.6 is 0 Å². The molecule has 9 nitrogen and oxygen atoms in total. The van der Waals surface area contributed by atoms with Gasteiger partial charge < -0.3 is 25.4 Å². The molecule has 1 amide bonds. The number of carbonyl (C=O) groups is 3. The van der Waals surface area contributed by atoms with Gasteiger partial charge in [0.05, 0.1) is 18.3 Å². The lowest BCUT2D eigenvalue weighted by Crippen LogP contribution is -2.41. The summed E-state index contributed by atoms with van der Waals surface area (Å²) in [6.45, 7) is 1.95. The van der Waals surface area contributed by atoms with Gasteiger partial charge in [-0.2, -0.15) is 13.2 Å². The summed E-state index contributed by atoms with van der Waals surface area (Å²) in [4.78, 5) is 38.1. The molecule has 36 heavy (non-hydrogen) atoms. The van der Waals surface area contributed by atoms with E-state index in [1.165, 1.54) is 11.8 Å². The zero-order chi connectivity index (χ0) is 27.4. The van der Waals surface area contributed by atoms with E-state index in [0.29, 0.717) is 11.9 Å². The van der Waals surface area contributed by atoms with Gasteiger partial charge in [0.15, 0.2) is 17.3 Å². The molecule has 0 spiro atoms. The minimum absolute atomic E-state index is 0.0259. The summed E-state index contributed by atoms with van der Waals surface area (Å²) in [7, 11) is 0. The number of aldehydes is 1. The van der Waals surface area contributed by atoms with Gasteiger partial charge in [0.25, 0.3) is 0 Å². The number of aliphatic hydroxyl groups excluding tert-OH is 1. The maximum absolute atomic E-state index is 13.8. The number of halogens is 6. The monoisotopic (exact) mass is 524 g/mol. The first-order chi connectivity index (χ1) is 16.6. The number of hydrogen-bond donors (Lipinski definition) is 3. The number of benzene rings is 1. The zero-order valence-corrected chi connectivity index (χ0v) is 18.7. The molecule has 2 aromatic rings. The second kappa shape index (κ2) is 11.5. The number of nitrogens with zero attached hydrogens (tertiary/aromatic N) is 3. The second-order valence-electron chi connectivity index (χ2n) is 7.90. The van der Waals surface area contributed by atoms with Crippen molar-refractivity contribution in [2.45, 2.75) is 51.2 Å². The predicted molar refractivity (Wildman–Crippen MR) is 110 cm³/mol. The van der Waals surface area contributed by atoms with Crippen LogP contribution in [0.5, 0.6) is 0 Å². The first kappa shape index (κ1) is 28.8. The van der Waals surface area contributed by atoms with Crippen LogP contribution in [0.4, 0.5) is 26.3 Å². The molecule has 0 saturated heterocycles. The SMILES string of the molecule is CC(O)c1c(C(=O)O)nc2n1CCN(C(=O)C[C@H](N)Cc1cc(F)c(F)cc1F)C2.O=CC(F)(F)F. The van der Waals surface area contributed by atoms with Crippen LogP contribution in [0, 0.1) is 17.5 Å². The van der Waals surface area contributed by atoms with Crippen LogP contribution in [0.25, 0.3) is 0 Å². The highest BCUT2D eigenvalue weighted by Gasteiger charge is 2.30. The molecule has 0 radical (unpaired) electrons. The van der Waals surface area contributed by atoms with E-state index < -0.39 is 48.0 Å². The van der Waals surface area contributed by atoms with E-state index >= 15 is 0 Å². The van der Waals surface area contributed by atoms with E-state index in [1.807, 2.05) is 0 Å². The van der Waals surface area contributed by atoms with Crippen LogP contribution in [0.2, 0.25) is 0 Å². The lowest BCUT2D eigenvalue weighted by Gasteiger charge is -2.29. The Labute approximate surface area is 200 Å². The molecule has 1 aromatic heterocycles. The first-order valence-electron chi connectivity index (χ1n) is 10.3. The van der Waals surface area contributed by atoms with Crippen molar-refractivity contribution in [3.8, 4) is 0 Å². The Kier molecular flexibility index (Phi) is 9.21. The Bertz CT molecular complexity index is 1130. The van der Waals surface area contributed by atoms with Crippen LogP contribution in [-0.2, 0) is 29.1 Å². The summed E-state index contributed by atoms with van der Waals surface area (Å²) in [5.74, 6) is -4.76. The highest BCUT2D eigenvalue weighted by Crippen LogP contribution is 2.24. The number of imidazole rings is 1. The summed E-state index contributed by atoms with van der Waals surface area (Å²) in [5.41, 5.74) is 5.69. The van der Waals surface area contributed by atoms with E-state index in [-0.39, 0.29) is 55.3 Å². The molecule has 3 rings (SSSR count). The maximum atomic E-state index is 13.8. The number of aliphatic hydroxyl groups is 1. The molecular formula is C21H22F6N4O5. The van der Waals surface area contributed by atoms with Crippen molar-refractivity contribution in [3.05, 3.63) is 52.4 Å². The molecule has 1 aromatic carbocycles. The molecule has 0 fully saturated rings. The van der Waals surface area contributed by atoms with Gasteiger partial charge >= 0.3 is 12.1 Å². The normalized spacial score (nSPS) is 14.9. The lowest BCUT2D eigenvalue weighted by atomic mass is 10.0. The maximum Gasteiger partial charge on any atom is 0.446 e. The Morgan fingerprint density at radius 1 is 1.17 bits per heavy atom. The van der Waals surface area contributed by atoms with Crippen LogP contribution in [0.3, 0.4) is 0 Å². The number of aromatic nitrogens is 2. The minimum atomic E-state index is -4.64. The number of hydrogen-bond acceptors (Lipinski definition) is 6. The highest BCUT2D eigenvalue weighted by molar-refractivity contribution is 5.87. The van der Waals surface area contributed by atoms with Crippen molar-refractivity contribution in [2.24, 2.45) is 5.73 Å². The number of carboxylic acid groups (broad SMARTS) is 1. The predicted octanol–water partition coefficient (Wildman–Crippen LogP) is 2.10. The summed E-state index contributed by atoms with van der Waals surface area (Å²) < 4.78 is 73.0. The molecule has 1 aliphatic rings. The fourth-order valence-corrected chi connectivity index (χ4v) is 3.58. The van der Waals surface area contributed by atoms with Gasteiger partial charge in [0, 0.05) is 31.6 Å². The number of aromatic carboxylic acids is 1.